The number of carbonyl (C=O) groups excluding carboxylic acids is 1. The van der Waals surface area contributed by atoms with Gasteiger partial charge in [-0.05, 0) is 48.9 Å². The third-order valence-corrected chi connectivity index (χ3v) is 4.72. The highest BCUT2D eigenvalue weighted by Crippen LogP contribution is 2.30. The fourth-order valence-electron chi connectivity index (χ4n) is 3.11. The van der Waals surface area contributed by atoms with Crippen LogP contribution in [0.2, 0.25) is 0 Å². The number of rotatable bonds is 1. The predicted octanol–water partition coefficient (Wildman–Crippen LogP) is 2.15. The highest BCUT2D eigenvalue weighted by molar-refractivity contribution is 9.10. The second kappa shape index (κ2) is 5.25. The van der Waals surface area contributed by atoms with E-state index >= 15 is 0 Å². The lowest BCUT2D eigenvalue weighted by Crippen LogP contribution is -2.43. The molecule has 3 nitrogen and oxygen atoms in total. The Morgan fingerprint density at radius 2 is 1.89 bits per heavy atom. The summed E-state index contributed by atoms with van der Waals surface area (Å²) in [5, 5.41) is 9.50. The Balaban J connectivity index is 1.67. The van der Waals surface area contributed by atoms with Crippen molar-refractivity contribution < 1.29 is 9.90 Å². The van der Waals surface area contributed by atoms with Gasteiger partial charge in [0.25, 0.3) is 0 Å². The Labute approximate surface area is 121 Å². The molecule has 102 valence electrons. The first kappa shape index (κ1) is 13.1. The van der Waals surface area contributed by atoms with E-state index < -0.39 is 0 Å². The normalized spacial score (nSPS) is 23.5. The van der Waals surface area contributed by atoms with E-state index in [2.05, 4.69) is 28.1 Å². The molecule has 0 spiro atoms. The Kier molecular flexibility index (Phi) is 3.63. The lowest BCUT2D eigenvalue weighted by Gasteiger charge is -2.31. The fourth-order valence-corrected chi connectivity index (χ4v) is 3.51. The van der Waals surface area contributed by atoms with Crippen molar-refractivity contribution in [3.63, 3.8) is 0 Å². The Hall–Kier alpha value is -0.870. The average Bonchev–Trinajstić information content (AvgIpc) is 2.81. The minimum absolute atomic E-state index is 0.0968. The minimum Gasteiger partial charge on any atom is -0.393 e. The van der Waals surface area contributed by atoms with Gasteiger partial charge in [0.05, 0.1) is 6.10 Å². The molecule has 1 unspecified atom stereocenters. The van der Waals surface area contributed by atoms with E-state index in [1.165, 1.54) is 11.1 Å². The molecule has 1 N–H and O–H groups in total. The molecule has 0 aromatic heterocycles. The molecule has 1 aliphatic carbocycles. The van der Waals surface area contributed by atoms with Gasteiger partial charge in [0.1, 0.15) is 0 Å². The number of benzene rings is 1. The van der Waals surface area contributed by atoms with E-state index in [-0.39, 0.29) is 17.9 Å². The standard InChI is InChI=1S/C15H18BrNO2/c16-13-2-1-10-7-12(8-11(10)9-13)15(19)17-5-3-14(18)4-6-17/h1-2,9,12,14,18H,3-8H2. The van der Waals surface area contributed by atoms with Crippen molar-refractivity contribution in [1.29, 1.82) is 0 Å². The number of hydrogen-bond donors (Lipinski definition) is 1. The summed E-state index contributed by atoms with van der Waals surface area (Å²) in [4.78, 5) is 14.4. The summed E-state index contributed by atoms with van der Waals surface area (Å²) in [6.45, 7) is 1.41. The van der Waals surface area contributed by atoms with Crippen LogP contribution in [0.5, 0.6) is 0 Å². The van der Waals surface area contributed by atoms with Gasteiger partial charge in [0.15, 0.2) is 0 Å². The van der Waals surface area contributed by atoms with Crippen LogP contribution in [-0.2, 0) is 17.6 Å². The number of aliphatic hydroxyl groups excluding tert-OH is 1. The van der Waals surface area contributed by atoms with E-state index in [1.807, 2.05) is 11.0 Å². The van der Waals surface area contributed by atoms with Crippen molar-refractivity contribution in [2.45, 2.75) is 31.8 Å². The second-order valence-electron chi connectivity index (χ2n) is 5.57. The van der Waals surface area contributed by atoms with E-state index in [0.717, 1.165) is 30.2 Å². The van der Waals surface area contributed by atoms with E-state index in [4.69, 9.17) is 0 Å². The molecule has 1 fully saturated rings. The first-order valence-electron chi connectivity index (χ1n) is 6.87. The number of aliphatic hydroxyl groups is 1. The van der Waals surface area contributed by atoms with Crippen molar-refractivity contribution in [1.82, 2.24) is 4.90 Å². The summed E-state index contributed by atoms with van der Waals surface area (Å²) in [6.07, 6.45) is 2.93. The minimum atomic E-state index is -0.221. The van der Waals surface area contributed by atoms with E-state index in [1.54, 1.807) is 0 Å². The molecule has 1 atom stereocenters. The van der Waals surface area contributed by atoms with Gasteiger partial charge in [-0.2, -0.15) is 0 Å². The first-order valence-corrected chi connectivity index (χ1v) is 7.67. The van der Waals surface area contributed by atoms with Gasteiger partial charge in [0.2, 0.25) is 5.91 Å². The monoisotopic (exact) mass is 323 g/mol. The van der Waals surface area contributed by atoms with Crippen LogP contribution < -0.4 is 0 Å². The zero-order valence-electron chi connectivity index (χ0n) is 10.8. The van der Waals surface area contributed by atoms with Gasteiger partial charge in [-0.1, -0.05) is 22.0 Å². The van der Waals surface area contributed by atoms with Crippen LogP contribution in [0.25, 0.3) is 0 Å². The highest BCUT2D eigenvalue weighted by Gasteiger charge is 2.32. The van der Waals surface area contributed by atoms with Crippen molar-refractivity contribution in [3.05, 3.63) is 33.8 Å². The van der Waals surface area contributed by atoms with E-state index in [9.17, 15) is 9.90 Å². The largest absolute Gasteiger partial charge is 0.393 e. The van der Waals surface area contributed by atoms with Crippen LogP contribution in [0.3, 0.4) is 0 Å². The number of fused-ring (bicyclic) bond motifs is 1. The van der Waals surface area contributed by atoms with Crippen molar-refractivity contribution in [3.8, 4) is 0 Å². The maximum atomic E-state index is 12.5. The number of halogens is 1. The lowest BCUT2D eigenvalue weighted by molar-refractivity contribution is -0.137. The fraction of sp³-hybridized carbons (Fsp3) is 0.533. The van der Waals surface area contributed by atoms with Gasteiger partial charge >= 0.3 is 0 Å². The van der Waals surface area contributed by atoms with Gasteiger partial charge in [0, 0.05) is 23.5 Å². The molecule has 1 amide bonds. The Morgan fingerprint density at radius 3 is 2.63 bits per heavy atom. The summed E-state index contributed by atoms with van der Waals surface area (Å²) in [5.74, 6) is 0.360. The van der Waals surface area contributed by atoms with Crippen LogP contribution in [-0.4, -0.2) is 35.1 Å². The zero-order valence-corrected chi connectivity index (χ0v) is 12.4. The highest BCUT2D eigenvalue weighted by atomic mass is 79.9. The quantitative estimate of drug-likeness (QED) is 0.860. The summed E-state index contributed by atoms with van der Waals surface area (Å²) >= 11 is 3.48. The molecule has 1 aromatic rings. The number of carbonyl (C=O) groups is 1. The predicted molar refractivity (Wildman–Crippen MR) is 76.9 cm³/mol. The van der Waals surface area contributed by atoms with Crippen molar-refractivity contribution >= 4 is 21.8 Å². The summed E-state index contributed by atoms with van der Waals surface area (Å²) in [6, 6.07) is 6.29. The van der Waals surface area contributed by atoms with Crippen molar-refractivity contribution in [2.75, 3.05) is 13.1 Å². The lowest BCUT2D eigenvalue weighted by atomic mass is 10.0. The van der Waals surface area contributed by atoms with Crippen molar-refractivity contribution in [2.24, 2.45) is 5.92 Å². The number of hydrogen-bond acceptors (Lipinski definition) is 2. The van der Waals surface area contributed by atoms with Gasteiger partial charge in [-0.25, -0.2) is 0 Å². The molecule has 1 aromatic carbocycles. The summed E-state index contributed by atoms with van der Waals surface area (Å²) in [5.41, 5.74) is 2.60. The molecular weight excluding hydrogens is 306 g/mol. The molecule has 1 aliphatic heterocycles. The van der Waals surface area contributed by atoms with Crippen LogP contribution in [0.1, 0.15) is 24.0 Å². The molecule has 0 saturated carbocycles. The SMILES string of the molecule is O=C(C1Cc2ccc(Br)cc2C1)N1CCC(O)CC1. The number of nitrogens with zero attached hydrogens (tertiary/aromatic N) is 1. The molecule has 1 saturated heterocycles. The molecule has 4 heteroatoms. The molecule has 1 heterocycles. The number of likely N-dealkylation sites (tertiary alicyclic amines) is 1. The average molecular weight is 324 g/mol. The summed E-state index contributed by atoms with van der Waals surface area (Å²) in [7, 11) is 0. The number of piperidine rings is 1. The Morgan fingerprint density at radius 1 is 1.21 bits per heavy atom. The maximum Gasteiger partial charge on any atom is 0.226 e. The van der Waals surface area contributed by atoms with Gasteiger partial charge < -0.3 is 10.0 Å². The topological polar surface area (TPSA) is 40.5 Å². The van der Waals surface area contributed by atoms with Crippen LogP contribution in [0.4, 0.5) is 0 Å². The molecule has 0 bridgehead atoms. The molecule has 2 aliphatic rings. The molecule has 3 rings (SSSR count). The van der Waals surface area contributed by atoms with Crippen LogP contribution >= 0.6 is 15.9 Å². The van der Waals surface area contributed by atoms with E-state index in [0.29, 0.717) is 13.1 Å². The van der Waals surface area contributed by atoms with Gasteiger partial charge in [-0.3, -0.25) is 4.79 Å². The summed E-state index contributed by atoms with van der Waals surface area (Å²) < 4.78 is 1.08. The first-order chi connectivity index (χ1) is 9.13. The number of amides is 1. The van der Waals surface area contributed by atoms with Crippen LogP contribution in [0.15, 0.2) is 22.7 Å². The smallest absolute Gasteiger partial charge is 0.226 e. The molecule has 19 heavy (non-hydrogen) atoms. The molecular formula is C15H18BrNO2. The van der Waals surface area contributed by atoms with Gasteiger partial charge in [-0.15, -0.1) is 0 Å². The third kappa shape index (κ3) is 2.70. The Bertz CT molecular complexity index is 495. The second-order valence-corrected chi connectivity index (χ2v) is 6.49. The molecule has 0 radical (unpaired) electrons. The zero-order chi connectivity index (χ0) is 13.4. The third-order valence-electron chi connectivity index (χ3n) is 4.23. The van der Waals surface area contributed by atoms with Crippen LogP contribution in [0, 0.1) is 5.92 Å². The maximum absolute atomic E-state index is 12.5.